The first-order valence-corrected chi connectivity index (χ1v) is 10.4. The van der Waals surface area contributed by atoms with Gasteiger partial charge in [0.2, 0.25) is 5.91 Å². The quantitative estimate of drug-likeness (QED) is 0.469. The van der Waals surface area contributed by atoms with Gasteiger partial charge < -0.3 is 9.74 Å². The van der Waals surface area contributed by atoms with Crippen molar-refractivity contribution in [2.75, 3.05) is 13.1 Å². The van der Waals surface area contributed by atoms with Crippen molar-refractivity contribution in [3.8, 4) is 0 Å². The molecular weight excluding hydrogens is 528 g/mol. The highest BCUT2D eigenvalue weighted by Gasteiger charge is 2.62. The molecule has 2 aliphatic rings. The molecule has 1 saturated heterocycles. The second-order valence-corrected chi connectivity index (χ2v) is 8.65. The van der Waals surface area contributed by atoms with Gasteiger partial charge in [-0.3, -0.25) is 9.78 Å². The maximum absolute atomic E-state index is 15.0. The number of halogens is 10. The van der Waals surface area contributed by atoms with E-state index in [2.05, 4.69) is 10.1 Å². The van der Waals surface area contributed by atoms with E-state index in [0.29, 0.717) is 17.0 Å². The summed E-state index contributed by atoms with van der Waals surface area (Å²) >= 11 is 0. The van der Waals surface area contributed by atoms with Crippen LogP contribution in [0.5, 0.6) is 0 Å². The fourth-order valence-corrected chi connectivity index (χ4v) is 4.02. The average molecular weight is 543 g/mol. The van der Waals surface area contributed by atoms with Crippen molar-refractivity contribution < 1.29 is 53.5 Å². The Morgan fingerprint density at radius 3 is 2.22 bits per heavy atom. The Kier molecular flexibility index (Phi) is 6.19. The number of hydrogen-bond donors (Lipinski definition) is 0. The molecule has 4 rings (SSSR count). The van der Waals surface area contributed by atoms with Crippen molar-refractivity contribution >= 4 is 11.6 Å². The van der Waals surface area contributed by atoms with Crippen molar-refractivity contribution in [1.29, 1.82) is 0 Å². The summed E-state index contributed by atoms with van der Waals surface area (Å²) in [6.45, 7) is -1.38. The van der Waals surface area contributed by atoms with E-state index in [1.165, 1.54) is 0 Å². The first-order chi connectivity index (χ1) is 16.9. The molecule has 1 amide bonds. The Hall–Kier alpha value is -3.39. The van der Waals surface area contributed by atoms with E-state index in [4.69, 9.17) is 4.84 Å². The predicted octanol–water partition coefficient (Wildman–Crippen LogP) is 5.64. The summed E-state index contributed by atoms with van der Waals surface area (Å²) in [5.74, 6) is -1.31. The molecule has 2 aromatic rings. The fraction of sp³-hybridized carbons (Fsp3) is 0.409. The predicted molar refractivity (Wildman–Crippen MR) is 106 cm³/mol. The maximum Gasteiger partial charge on any atom is 0.435 e. The van der Waals surface area contributed by atoms with Gasteiger partial charge in [0, 0.05) is 17.3 Å². The zero-order chi connectivity index (χ0) is 27.4. The van der Waals surface area contributed by atoms with E-state index < -0.39 is 72.8 Å². The van der Waals surface area contributed by atoms with Crippen molar-refractivity contribution in [2.24, 2.45) is 5.16 Å². The molecule has 0 N–H and O–H groups in total. The molecule has 3 heterocycles. The van der Waals surface area contributed by atoms with E-state index >= 15 is 0 Å². The van der Waals surface area contributed by atoms with E-state index in [1.54, 1.807) is 0 Å². The van der Waals surface area contributed by atoms with Gasteiger partial charge in [0.15, 0.2) is 5.67 Å². The molecule has 1 atom stereocenters. The number of carbonyl (C=O) groups is 1. The largest absolute Gasteiger partial charge is 0.435 e. The van der Waals surface area contributed by atoms with E-state index in [-0.39, 0.29) is 17.0 Å². The molecule has 1 unspecified atom stereocenters. The van der Waals surface area contributed by atoms with Crippen LogP contribution < -0.4 is 0 Å². The van der Waals surface area contributed by atoms with Crippen LogP contribution in [-0.4, -0.2) is 46.9 Å². The summed E-state index contributed by atoms with van der Waals surface area (Å²) in [5, 5.41) is 3.41. The van der Waals surface area contributed by atoms with Crippen LogP contribution in [0.4, 0.5) is 43.9 Å². The Bertz CT molecular complexity index is 1210. The molecule has 0 radical (unpaired) electrons. The number of oxime groups is 1. The van der Waals surface area contributed by atoms with Crippen LogP contribution in [0.25, 0.3) is 0 Å². The summed E-state index contributed by atoms with van der Waals surface area (Å²) in [6.07, 6.45) is -16.6. The zero-order valence-electron chi connectivity index (χ0n) is 18.3. The minimum Gasteiger partial charge on any atom is -0.374 e. The maximum atomic E-state index is 15.0. The highest BCUT2D eigenvalue weighted by molar-refractivity contribution is 6.01. The lowest BCUT2D eigenvalue weighted by molar-refractivity contribution is -0.276. The molecule has 1 aromatic heterocycles. The Labute approximate surface area is 201 Å². The third-order valence-electron chi connectivity index (χ3n) is 5.99. The molecule has 1 fully saturated rings. The number of likely N-dealkylation sites (tertiary alicyclic amines) is 1. The second-order valence-electron chi connectivity index (χ2n) is 8.65. The summed E-state index contributed by atoms with van der Waals surface area (Å²) in [5.41, 5.74) is -8.25. The number of carbonyl (C=O) groups excluding carboxylic acids is 1. The monoisotopic (exact) mass is 543 g/mol. The van der Waals surface area contributed by atoms with Crippen LogP contribution in [0.3, 0.4) is 0 Å². The first-order valence-electron chi connectivity index (χ1n) is 10.4. The summed E-state index contributed by atoms with van der Waals surface area (Å²) < 4.78 is 133. The smallest absolute Gasteiger partial charge is 0.374 e. The first kappa shape index (κ1) is 26.7. The van der Waals surface area contributed by atoms with Crippen molar-refractivity contribution in [3.63, 3.8) is 0 Å². The Morgan fingerprint density at radius 2 is 1.68 bits per heavy atom. The number of nitrogens with zero attached hydrogens (tertiary/aromatic N) is 3. The third kappa shape index (κ3) is 5.07. The van der Waals surface area contributed by atoms with Gasteiger partial charge in [0.1, 0.15) is 6.42 Å². The molecule has 2 aliphatic heterocycles. The molecule has 15 heteroatoms. The van der Waals surface area contributed by atoms with Gasteiger partial charge in [-0.15, -0.1) is 0 Å². The number of alkyl halides is 10. The number of aromatic nitrogens is 1. The molecule has 0 bridgehead atoms. The molecule has 0 aliphatic carbocycles. The van der Waals surface area contributed by atoms with Crippen LogP contribution in [0.15, 0.2) is 47.8 Å². The van der Waals surface area contributed by atoms with E-state index in [9.17, 15) is 48.7 Å². The van der Waals surface area contributed by atoms with Crippen LogP contribution in [0, 0.1) is 0 Å². The highest BCUT2D eigenvalue weighted by Crippen LogP contribution is 2.49. The van der Waals surface area contributed by atoms with E-state index in [1.807, 2.05) is 0 Å². The molecule has 37 heavy (non-hydrogen) atoms. The fourth-order valence-electron chi connectivity index (χ4n) is 4.02. The molecule has 200 valence electrons. The number of rotatable bonds is 4. The Balaban J connectivity index is 1.51. The number of pyridine rings is 1. The van der Waals surface area contributed by atoms with Crippen molar-refractivity contribution in [1.82, 2.24) is 9.88 Å². The zero-order valence-corrected chi connectivity index (χ0v) is 18.3. The lowest BCUT2D eigenvalue weighted by Crippen LogP contribution is -2.59. The van der Waals surface area contributed by atoms with E-state index in [0.717, 1.165) is 30.5 Å². The average Bonchev–Trinajstić information content (AvgIpc) is 3.22. The SMILES string of the molecule is O=C(CC(F)(F)F)N1CC(F)(c2ccc(C3=NOC(c4cccc(C(F)(F)F)c4)(C(F)(F)F)C3)cn2)C1. The second kappa shape index (κ2) is 8.58. The molecule has 1 aromatic carbocycles. The normalized spacial score (nSPS) is 21.8. The number of benzene rings is 1. The number of amides is 1. The molecule has 5 nitrogen and oxygen atoms in total. The molecule has 0 spiro atoms. The summed E-state index contributed by atoms with van der Waals surface area (Å²) in [4.78, 5) is 20.7. The highest BCUT2D eigenvalue weighted by atomic mass is 19.4. The van der Waals surface area contributed by atoms with Crippen molar-refractivity contribution in [3.05, 3.63) is 65.0 Å². The lowest BCUT2D eigenvalue weighted by atomic mass is 9.85. The molecule has 0 saturated carbocycles. The summed E-state index contributed by atoms with van der Waals surface area (Å²) in [6, 6.07) is 4.79. The van der Waals surface area contributed by atoms with Gasteiger partial charge in [-0.2, -0.15) is 39.5 Å². The van der Waals surface area contributed by atoms with Gasteiger partial charge in [0.05, 0.1) is 36.5 Å². The van der Waals surface area contributed by atoms with Gasteiger partial charge in [-0.25, -0.2) is 4.39 Å². The lowest BCUT2D eigenvalue weighted by Gasteiger charge is -2.44. The third-order valence-corrected chi connectivity index (χ3v) is 5.99. The standard InChI is InChI=1S/C22H15F10N3O2/c23-18(10-35(11-18)17(36)8-20(24,25)26)16-5-4-12(9-33-16)15-7-19(37-34-15,22(30,31)32)13-2-1-3-14(6-13)21(27,28)29/h1-6,9H,7-8,10-11H2. The number of hydrogen-bond acceptors (Lipinski definition) is 4. The topological polar surface area (TPSA) is 54.8 Å². The summed E-state index contributed by atoms with van der Waals surface area (Å²) in [7, 11) is 0. The van der Waals surface area contributed by atoms with Gasteiger partial charge in [0.25, 0.3) is 5.60 Å². The Morgan fingerprint density at radius 1 is 1.00 bits per heavy atom. The van der Waals surface area contributed by atoms with Gasteiger partial charge >= 0.3 is 18.5 Å². The minimum absolute atomic E-state index is 0.0465. The van der Waals surface area contributed by atoms with Crippen LogP contribution in [0.2, 0.25) is 0 Å². The molecular formula is C22H15F10N3O2. The minimum atomic E-state index is -5.17. The van der Waals surface area contributed by atoms with Gasteiger partial charge in [-0.05, 0) is 24.3 Å². The van der Waals surface area contributed by atoms with Crippen LogP contribution in [0.1, 0.15) is 35.2 Å². The van der Waals surface area contributed by atoms with Crippen molar-refractivity contribution in [2.45, 2.75) is 42.6 Å². The van der Waals surface area contributed by atoms with Crippen LogP contribution in [-0.2, 0) is 27.1 Å². The van der Waals surface area contributed by atoms with Crippen LogP contribution >= 0.6 is 0 Å². The van der Waals surface area contributed by atoms with Gasteiger partial charge in [-0.1, -0.05) is 17.3 Å².